The molecule has 7 nitrogen and oxygen atoms in total. The lowest BCUT2D eigenvalue weighted by Gasteiger charge is -2.34. The SMILES string of the molecule is C[C@H](OC[C@H](O)C[NH+]1CCN(c2ccccc2[N+](=O)[O-])CC1)c1ccc(Cl)cc1. The van der Waals surface area contributed by atoms with Gasteiger partial charge < -0.3 is 19.6 Å². The molecule has 8 heteroatoms. The predicted octanol–water partition coefficient (Wildman–Crippen LogP) is 2.09. The van der Waals surface area contributed by atoms with Gasteiger partial charge in [-0.25, -0.2) is 0 Å². The van der Waals surface area contributed by atoms with E-state index in [4.69, 9.17) is 16.3 Å². The average molecular weight is 421 g/mol. The third kappa shape index (κ3) is 5.90. The maximum atomic E-state index is 11.2. The smallest absolute Gasteiger partial charge is 0.292 e. The number of benzene rings is 2. The summed E-state index contributed by atoms with van der Waals surface area (Å²) in [6.07, 6.45) is -0.676. The van der Waals surface area contributed by atoms with Gasteiger partial charge >= 0.3 is 0 Å². The summed E-state index contributed by atoms with van der Waals surface area (Å²) >= 11 is 5.91. The Morgan fingerprint density at radius 3 is 2.52 bits per heavy atom. The maximum absolute atomic E-state index is 11.2. The molecule has 0 unspecified atom stereocenters. The van der Waals surface area contributed by atoms with Crippen LogP contribution >= 0.6 is 11.6 Å². The van der Waals surface area contributed by atoms with Gasteiger partial charge in [0, 0.05) is 11.1 Å². The minimum Gasteiger partial charge on any atom is -0.385 e. The van der Waals surface area contributed by atoms with Gasteiger partial charge in [-0.2, -0.15) is 0 Å². The molecule has 0 radical (unpaired) electrons. The van der Waals surface area contributed by atoms with Crippen LogP contribution in [0.15, 0.2) is 48.5 Å². The molecule has 29 heavy (non-hydrogen) atoms. The Morgan fingerprint density at radius 2 is 1.86 bits per heavy atom. The number of quaternary nitrogens is 1. The van der Waals surface area contributed by atoms with Crippen LogP contribution in [0.2, 0.25) is 5.02 Å². The number of para-hydroxylation sites is 2. The third-order valence-electron chi connectivity index (χ3n) is 5.29. The molecule has 1 saturated heterocycles. The van der Waals surface area contributed by atoms with Gasteiger partial charge in [0.05, 0.1) is 43.8 Å². The molecule has 1 heterocycles. The van der Waals surface area contributed by atoms with E-state index in [2.05, 4.69) is 0 Å². The number of aliphatic hydroxyl groups excluding tert-OH is 1. The van der Waals surface area contributed by atoms with E-state index < -0.39 is 6.10 Å². The molecule has 0 spiro atoms. The van der Waals surface area contributed by atoms with Crippen LogP contribution in [-0.4, -0.2) is 55.5 Å². The molecule has 3 rings (SSSR count). The van der Waals surface area contributed by atoms with Crippen molar-refractivity contribution < 1.29 is 19.7 Å². The van der Waals surface area contributed by atoms with Crippen LogP contribution < -0.4 is 9.80 Å². The fourth-order valence-corrected chi connectivity index (χ4v) is 3.76. The molecular weight excluding hydrogens is 394 g/mol. The second-order valence-corrected chi connectivity index (χ2v) is 7.80. The number of hydrogen-bond donors (Lipinski definition) is 2. The number of nitrogens with one attached hydrogen (secondary N) is 1. The van der Waals surface area contributed by atoms with E-state index in [0.717, 1.165) is 31.7 Å². The number of rotatable bonds is 8. The highest BCUT2D eigenvalue weighted by Crippen LogP contribution is 2.27. The molecule has 2 aromatic carbocycles. The average Bonchev–Trinajstić information content (AvgIpc) is 2.73. The molecule has 0 aliphatic carbocycles. The second-order valence-electron chi connectivity index (χ2n) is 7.37. The van der Waals surface area contributed by atoms with Gasteiger partial charge in [0.1, 0.15) is 18.3 Å². The highest BCUT2D eigenvalue weighted by molar-refractivity contribution is 6.30. The van der Waals surface area contributed by atoms with E-state index in [1.807, 2.05) is 42.2 Å². The fraction of sp³-hybridized carbons (Fsp3) is 0.429. The van der Waals surface area contributed by atoms with E-state index in [1.54, 1.807) is 12.1 Å². The van der Waals surface area contributed by atoms with Crippen molar-refractivity contribution in [3.63, 3.8) is 0 Å². The van der Waals surface area contributed by atoms with E-state index in [0.29, 0.717) is 17.3 Å². The Kier molecular flexibility index (Phi) is 7.44. The molecule has 1 aliphatic rings. The first-order valence-electron chi connectivity index (χ1n) is 9.81. The minimum atomic E-state index is -0.558. The molecule has 1 aliphatic heterocycles. The maximum Gasteiger partial charge on any atom is 0.292 e. The number of hydrogen-bond acceptors (Lipinski definition) is 5. The lowest BCUT2D eigenvalue weighted by atomic mass is 10.1. The van der Waals surface area contributed by atoms with Crippen molar-refractivity contribution in [1.82, 2.24) is 0 Å². The predicted molar refractivity (Wildman–Crippen MR) is 113 cm³/mol. The Bertz CT molecular complexity index is 810. The van der Waals surface area contributed by atoms with Gasteiger partial charge in [0.25, 0.3) is 5.69 Å². The molecule has 156 valence electrons. The highest BCUT2D eigenvalue weighted by atomic mass is 35.5. The molecule has 1 fully saturated rings. The summed E-state index contributed by atoms with van der Waals surface area (Å²) in [5, 5.41) is 22.3. The van der Waals surface area contributed by atoms with Crippen LogP contribution in [0, 0.1) is 10.1 Å². The van der Waals surface area contributed by atoms with Crippen LogP contribution in [0.1, 0.15) is 18.6 Å². The van der Waals surface area contributed by atoms with Crippen LogP contribution in [0.3, 0.4) is 0 Å². The largest absolute Gasteiger partial charge is 0.385 e. The number of halogens is 1. The van der Waals surface area contributed by atoms with Crippen LogP contribution in [-0.2, 0) is 4.74 Å². The Balaban J connectivity index is 1.44. The molecule has 2 aromatic rings. The molecule has 2 atom stereocenters. The van der Waals surface area contributed by atoms with Crippen molar-refractivity contribution in [2.45, 2.75) is 19.1 Å². The minimum absolute atomic E-state index is 0.118. The van der Waals surface area contributed by atoms with Crippen molar-refractivity contribution in [2.75, 3.05) is 44.2 Å². The molecule has 0 saturated carbocycles. The zero-order valence-corrected chi connectivity index (χ0v) is 17.2. The molecular formula is C21H27ClN3O4+. The van der Waals surface area contributed by atoms with Crippen LogP contribution in [0.5, 0.6) is 0 Å². The van der Waals surface area contributed by atoms with E-state index in [-0.39, 0.29) is 23.3 Å². The van der Waals surface area contributed by atoms with Gasteiger partial charge in [-0.3, -0.25) is 10.1 Å². The van der Waals surface area contributed by atoms with Crippen LogP contribution in [0.25, 0.3) is 0 Å². The normalized spacial score (nSPS) is 17.1. The monoisotopic (exact) mass is 420 g/mol. The molecule has 2 N–H and O–H groups in total. The highest BCUT2D eigenvalue weighted by Gasteiger charge is 2.26. The van der Waals surface area contributed by atoms with Gasteiger partial charge in [0.2, 0.25) is 0 Å². The van der Waals surface area contributed by atoms with Gasteiger partial charge in [-0.1, -0.05) is 35.9 Å². The number of ether oxygens (including phenoxy) is 1. The first kappa shape index (κ1) is 21.5. The van der Waals surface area contributed by atoms with E-state index in [1.165, 1.54) is 11.0 Å². The first-order chi connectivity index (χ1) is 13.9. The Morgan fingerprint density at radius 1 is 1.21 bits per heavy atom. The van der Waals surface area contributed by atoms with Crippen molar-refractivity contribution in [3.05, 3.63) is 69.2 Å². The number of anilines is 1. The fourth-order valence-electron chi connectivity index (χ4n) is 3.63. The number of nitrogens with zero attached hydrogens (tertiary/aromatic N) is 2. The first-order valence-corrected chi connectivity index (χ1v) is 10.2. The Hall–Kier alpha value is -2.19. The number of nitro benzene ring substituents is 1. The summed E-state index contributed by atoms with van der Waals surface area (Å²) < 4.78 is 5.81. The standard InChI is InChI=1S/C21H26ClN3O4/c1-16(17-6-8-18(22)9-7-17)29-15-19(26)14-23-10-12-24(13-11-23)20-4-2-3-5-21(20)25(27)28/h2-9,16,19,26H,10-15H2,1H3/p+1/t16-,19+/m0/s1. The lowest BCUT2D eigenvalue weighted by Crippen LogP contribution is -3.16. The molecule has 0 aromatic heterocycles. The zero-order chi connectivity index (χ0) is 20.8. The second kappa shape index (κ2) is 10.0. The van der Waals surface area contributed by atoms with Gasteiger partial charge in [-0.05, 0) is 30.7 Å². The number of piperazine rings is 1. The van der Waals surface area contributed by atoms with Crippen molar-refractivity contribution in [2.24, 2.45) is 0 Å². The van der Waals surface area contributed by atoms with E-state index >= 15 is 0 Å². The topological polar surface area (TPSA) is 80.3 Å². The van der Waals surface area contributed by atoms with Crippen molar-refractivity contribution in [1.29, 1.82) is 0 Å². The van der Waals surface area contributed by atoms with Gasteiger partial charge in [-0.15, -0.1) is 0 Å². The summed E-state index contributed by atoms with van der Waals surface area (Å²) in [6, 6.07) is 14.3. The molecule has 0 amide bonds. The summed E-state index contributed by atoms with van der Waals surface area (Å²) in [4.78, 5) is 14.2. The summed E-state index contributed by atoms with van der Waals surface area (Å²) in [5.74, 6) is 0. The third-order valence-corrected chi connectivity index (χ3v) is 5.54. The zero-order valence-electron chi connectivity index (χ0n) is 16.5. The van der Waals surface area contributed by atoms with Gasteiger partial charge in [0.15, 0.2) is 0 Å². The van der Waals surface area contributed by atoms with E-state index in [9.17, 15) is 15.2 Å². The Labute approximate surface area is 175 Å². The number of aliphatic hydroxyl groups is 1. The van der Waals surface area contributed by atoms with Crippen molar-refractivity contribution in [3.8, 4) is 0 Å². The summed E-state index contributed by atoms with van der Waals surface area (Å²) in [5.41, 5.74) is 1.82. The molecule has 0 bridgehead atoms. The van der Waals surface area contributed by atoms with Crippen molar-refractivity contribution >= 4 is 23.0 Å². The van der Waals surface area contributed by atoms with Crippen LogP contribution in [0.4, 0.5) is 11.4 Å². The quantitative estimate of drug-likeness (QED) is 0.505. The summed E-state index contributed by atoms with van der Waals surface area (Å²) in [6.45, 7) is 5.88. The summed E-state index contributed by atoms with van der Waals surface area (Å²) in [7, 11) is 0. The lowest BCUT2D eigenvalue weighted by molar-refractivity contribution is -0.903. The number of nitro groups is 1.